The van der Waals surface area contributed by atoms with Crippen LogP contribution in [0.3, 0.4) is 0 Å². The van der Waals surface area contributed by atoms with Crippen molar-refractivity contribution in [2.45, 2.75) is 0 Å². The zero-order valence-corrected chi connectivity index (χ0v) is 79.4. The summed E-state index contributed by atoms with van der Waals surface area (Å²) in [6.45, 7) is 0. The second-order valence-electron chi connectivity index (χ2n) is 36.4. The fourth-order valence-electron chi connectivity index (χ4n) is 20.2. The standard InChI is InChI=1S/C48H31N5.C43H28N4.C42H27N5/c1-5-14-34(15-6-1)45-50-46(35-16-7-2-8-17-35)52-47(51-45)39-21-13-20-37(30-39)38-27-25-32-24-26-33-28-29-42-44(43(33)41(32)31-38)53(40-22-11-4-12-23-40)48(49-42)36-18-9-3-10-19-36;1-5-13-30(14-6-1)38-28-39(31-15-7-2-8-16-31)45-42(44-38)34-24-22-29-21-23-32-25-26-37-41(40(32)36(29)27-34)47(35-19-11-4-12-20-35)43(46-37)33-17-9-3-10-18-33;1-5-13-30(14-6-1)39-44-40(31-15-7-2-8-16-31)46-41(45-39)33-24-22-28-21-23-29-25-26-36-38(37(29)35(28)27-33)47(34-19-11-4-12-20-34)42(43-36)32-17-9-3-10-18-32/h1-31H;1-28H;1-27H. The molecule has 0 aliphatic carbocycles. The summed E-state index contributed by atoms with van der Waals surface area (Å²) in [5.41, 5.74) is 25.2. The highest BCUT2D eigenvalue weighted by molar-refractivity contribution is 6.23. The van der Waals surface area contributed by atoms with Gasteiger partial charge in [0.2, 0.25) is 0 Å². The van der Waals surface area contributed by atoms with Crippen LogP contribution in [-0.2, 0) is 0 Å². The molecule has 0 aliphatic rings. The molecule has 0 amide bonds. The Morgan fingerprint density at radius 3 is 0.633 bits per heavy atom. The molecule has 0 N–H and O–H groups in total. The molecule has 0 fully saturated rings. The second kappa shape index (κ2) is 38.2. The van der Waals surface area contributed by atoms with E-state index in [1.165, 1.54) is 21.5 Å². The van der Waals surface area contributed by atoms with E-state index in [0.717, 1.165) is 200 Å². The minimum absolute atomic E-state index is 0.630. The molecule has 28 rings (SSSR count). The van der Waals surface area contributed by atoms with Gasteiger partial charge in [0.1, 0.15) is 17.5 Å². The lowest BCUT2D eigenvalue weighted by Gasteiger charge is -2.13. The van der Waals surface area contributed by atoms with Gasteiger partial charge in [-0.15, -0.1) is 0 Å². The zero-order valence-electron chi connectivity index (χ0n) is 79.4. The molecule has 0 bridgehead atoms. The molecule has 0 aliphatic heterocycles. The number of fused-ring (bicyclic) bond motifs is 15. The Kier molecular flexibility index (Phi) is 22.6. The maximum absolute atomic E-state index is 5.24. The molecule has 22 aromatic carbocycles. The average molecular weight is 1880 g/mol. The summed E-state index contributed by atoms with van der Waals surface area (Å²) in [6.07, 6.45) is 0. The maximum atomic E-state index is 5.24. The average Bonchev–Trinajstić information content (AvgIpc) is 1.59. The predicted octanol–water partition coefficient (Wildman–Crippen LogP) is 32.8. The van der Waals surface area contributed by atoms with Crippen molar-refractivity contribution in [3.8, 4) is 165 Å². The lowest BCUT2D eigenvalue weighted by Crippen LogP contribution is -2.00. The fraction of sp³-hybridized carbons (Fsp3) is 0. The van der Waals surface area contributed by atoms with Crippen LogP contribution in [0.5, 0.6) is 0 Å². The molecular formula is C133H86N14. The molecule has 0 saturated carbocycles. The van der Waals surface area contributed by atoms with Gasteiger partial charge in [0.15, 0.2) is 40.8 Å². The molecule has 0 saturated heterocycles. The number of benzene rings is 22. The molecule has 14 heteroatoms. The van der Waals surface area contributed by atoms with Crippen LogP contribution >= 0.6 is 0 Å². The first kappa shape index (κ1) is 87.2. The normalized spacial score (nSPS) is 11.4. The van der Waals surface area contributed by atoms with Gasteiger partial charge in [-0.25, -0.2) is 54.8 Å². The molecule has 0 unspecified atom stereocenters. The van der Waals surface area contributed by atoms with Crippen molar-refractivity contribution in [2.75, 3.05) is 0 Å². The van der Waals surface area contributed by atoms with Gasteiger partial charge in [0.25, 0.3) is 0 Å². The van der Waals surface area contributed by atoms with Gasteiger partial charge in [0, 0.05) is 100.0 Å². The van der Waals surface area contributed by atoms with Crippen molar-refractivity contribution >= 4 is 97.7 Å². The Morgan fingerprint density at radius 1 is 0.129 bits per heavy atom. The third-order valence-electron chi connectivity index (χ3n) is 27.2. The van der Waals surface area contributed by atoms with Crippen LogP contribution in [0.2, 0.25) is 0 Å². The predicted molar refractivity (Wildman–Crippen MR) is 601 cm³/mol. The summed E-state index contributed by atoms with van der Waals surface area (Å²) >= 11 is 0. The van der Waals surface area contributed by atoms with Crippen molar-refractivity contribution in [3.05, 3.63) is 522 Å². The Hall–Kier alpha value is -20.1. The topological polar surface area (TPSA) is 157 Å². The molecule has 0 spiro atoms. The maximum Gasteiger partial charge on any atom is 0.164 e. The number of hydrogen-bond acceptors (Lipinski definition) is 11. The Labute approximate surface area is 846 Å². The van der Waals surface area contributed by atoms with Gasteiger partial charge < -0.3 is 0 Å². The lowest BCUT2D eigenvalue weighted by molar-refractivity contribution is 1.07. The number of rotatable bonds is 16. The van der Waals surface area contributed by atoms with Gasteiger partial charge >= 0.3 is 0 Å². The molecule has 147 heavy (non-hydrogen) atoms. The summed E-state index contributed by atoms with van der Waals surface area (Å²) in [4.78, 5) is 55.7. The van der Waals surface area contributed by atoms with Crippen molar-refractivity contribution in [1.82, 2.24) is 68.5 Å². The van der Waals surface area contributed by atoms with E-state index in [4.69, 9.17) is 54.8 Å². The SMILES string of the molecule is c1ccc(-c2cc(-c3ccccc3)nc(-c3ccc4ccc5ccc6nc(-c7ccccc7)n(-c7ccccc7)c6c5c4c3)n2)cc1.c1ccc(-c2nc(-c3ccccc3)nc(-c3ccc4ccc5ccc6nc(-c7ccccc7)n(-c7ccccc7)c6c5c4c3)n2)cc1.c1ccc(-c2nc(-c3ccccc3)nc(-c3cccc(-c4ccc5ccc6ccc7nc(-c8ccccc8)n(-c8ccccc8)c7c6c5c4)c3)n2)cc1. The smallest absolute Gasteiger partial charge is 0.164 e. The van der Waals surface area contributed by atoms with Crippen molar-refractivity contribution in [2.24, 2.45) is 0 Å². The molecule has 6 heterocycles. The Bertz CT molecular complexity index is 9260. The quantitative estimate of drug-likeness (QED) is 0.0848. The van der Waals surface area contributed by atoms with E-state index < -0.39 is 0 Å². The first-order valence-corrected chi connectivity index (χ1v) is 49.2. The van der Waals surface area contributed by atoms with Gasteiger partial charge in [0.05, 0.1) is 44.5 Å². The summed E-state index contributed by atoms with van der Waals surface area (Å²) in [5, 5.41) is 13.8. The highest BCUT2D eigenvalue weighted by Gasteiger charge is 2.26. The summed E-state index contributed by atoms with van der Waals surface area (Å²) < 4.78 is 6.91. The van der Waals surface area contributed by atoms with E-state index in [1.54, 1.807) is 0 Å². The highest BCUT2D eigenvalue weighted by atomic mass is 15.1. The van der Waals surface area contributed by atoms with Gasteiger partial charge in [-0.1, -0.05) is 437 Å². The second-order valence-corrected chi connectivity index (χ2v) is 36.4. The molecule has 6 aromatic heterocycles. The van der Waals surface area contributed by atoms with Crippen LogP contribution in [0.1, 0.15) is 0 Å². The highest BCUT2D eigenvalue weighted by Crippen LogP contribution is 2.45. The first-order chi connectivity index (χ1) is 72.9. The lowest BCUT2D eigenvalue weighted by atomic mass is 9.95. The van der Waals surface area contributed by atoms with E-state index in [1.807, 2.05) is 182 Å². The number of imidazole rings is 3. The third-order valence-corrected chi connectivity index (χ3v) is 27.2. The van der Waals surface area contributed by atoms with Crippen molar-refractivity contribution in [3.63, 3.8) is 0 Å². The van der Waals surface area contributed by atoms with E-state index in [9.17, 15) is 0 Å². The molecular weight excluding hydrogens is 1790 g/mol. The summed E-state index contributed by atoms with van der Waals surface area (Å²) in [7, 11) is 0. The van der Waals surface area contributed by atoms with E-state index in [2.05, 4.69) is 353 Å². The summed E-state index contributed by atoms with van der Waals surface area (Å²) in [5.74, 6) is 7.27. The van der Waals surface area contributed by atoms with E-state index >= 15 is 0 Å². The minimum Gasteiger partial charge on any atom is -0.292 e. The number of aromatic nitrogens is 14. The monoisotopic (exact) mass is 1880 g/mol. The van der Waals surface area contributed by atoms with Crippen LogP contribution in [0.15, 0.2) is 522 Å². The van der Waals surface area contributed by atoms with Crippen LogP contribution in [0, 0.1) is 0 Å². The molecule has 0 radical (unpaired) electrons. The number of hydrogen-bond donors (Lipinski definition) is 0. The van der Waals surface area contributed by atoms with E-state index in [-0.39, 0.29) is 0 Å². The van der Waals surface area contributed by atoms with Crippen molar-refractivity contribution in [1.29, 1.82) is 0 Å². The first-order valence-electron chi connectivity index (χ1n) is 49.2. The van der Waals surface area contributed by atoms with Crippen LogP contribution in [-0.4, -0.2) is 68.5 Å². The molecule has 28 aromatic rings. The number of nitrogens with zero attached hydrogens (tertiary/aromatic N) is 14. The Morgan fingerprint density at radius 2 is 0.333 bits per heavy atom. The molecule has 688 valence electrons. The van der Waals surface area contributed by atoms with Crippen LogP contribution in [0.4, 0.5) is 0 Å². The van der Waals surface area contributed by atoms with E-state index in [0.29, 0.717) is 40.8 Å². The van der Waals surface area contributed by atoms with Gasteiger partial charge in [-0.05, 0) is 145 Å². The minimum atomic E-state index is 0.630. The summed E-state index contributed by atoms with van der Waals surface area (Å²) in [6, 6.07) is 180. The largest absolute Gasteiger partial charge is 0.292 e. The van der Waals surface area contributed by atoms with Crippen molar-refractivity contribution < 1.29 is 0 Å². The third kappa shape index (κ3) is 16.8. The van der Waals surface area contributed by atoms with Gasteiger partial charge in [-0.2, -0.15) is 0 Å². The zero-order chi connectivity index (χ0) is 97.5. The van der Waals surface area contributed by atoms with Gasteiger partial charge in [-0.3, -0.25) is 13.7 Å². The van der Waals surface area contributed by atoms with Crippen LogP contribution < -0.4 is 0 Å². The number of para-hydroxylation sites is 3. The molecule has 0 atom stereocenters. The van der Waals surface area contributed by atoms with Crippen LogP contribution in [0.25, 0.3) is 262 Å². The molecule has 14 nitrogen and oxygen atoms in total. The Balaban J connectivity index is 0.000000112. The fourth-order valence-corrected chi connectivity index (χ4v) is 20.2.